The van der Waals surface area contributed by atoms with Crippen LogP contribution in [-0.2, 0) is 4.79 Å². The summed E-state index contributed by atoms with van der Waals surface area (Å²) in [6.07, 6.45) is 2.48. The predicted molar refractivity (Wildman–Crippen MR) is 121 cm³/mol. The maximum Gasteiger partial charge on any atom is 0.251 e. The summed E-state index contributed by atoms with van der Waals surface area (Å²) >= 11 is 2.98. The number of hydrogen-bond acceptors (Lipinski definition) is 6. The molecule has 0 aliphatic rings. The monoisotopic (exact) mass is 426 g/mol. The SMILES string of the molecule is CSCC[C@H](NC(=O)c1ccc(N)cc1)C(=O)Nc1nc(-c2ccccc2)cs1. The third-order valence-electron chi connectivity index (χ3n) is 4.21. The summed E-state index contributed by atoms with van der Waals surface area (Å²) in [5.74, 6) is 0.153. The second-order valence-electron chi connectivity index (χ2n) is 6.32. The Bertz CT molecular complexity index is 958. The molecule has 3 aromatic rings. The fourth-order valence-corrected chi connectivity index (χ4v) is 3.84. The number of carbonyl (C=O) groups excluding carboxylic acids is 2. The van der Waals surface area contributed by atoms with Crippen LogP contribution in [0, 0.1) is 0 Å². The molecule has 29 heavy (non-hydrogen) atoms. The molecule has 2 amide bonds. The van der Waals surface area contributed by atoms with Gasteiger partial charge in [-0.3, -0.25) is 9.59 Å². The van der Waals surface area contributed by atoms with Gasteiger partial charge in [0, 0.05) is 22.2 Å². The highest BCUT2D eigenvalue weighted by molar-refractivity contribution is 7.98. The first-order chi connectivity index (χ1) is 14.1. The second kappa shape index (κ2) is 10.1. The van der Waals surface area contributed by atoms with Crippen LogP contribution < -0.4 is 16.4 Å². The maximum atomic E-state index is 12.8. The van der Waals surface area contributed by atoms with Crippen LogP contribution in [-0.4, -0.2) is 34.8 Å². The molecule has 0 saturated heterocycles. The van der Waals surface area contributed by atoms with Crippen molar-refractivity contribution in [3.63, 3.8) is 0 Å². The summed E-state index contributed by atoms with van der Waals surface area (Å²) in [5, 5.41) is 8.05. The van der Waals surface area contributed by atoms with E-state index in [9.17, 15) is 9.59 Å². The van der Waals surface area contributed by atoms with Gasteiger partial charge in [-0.25, -0.2) is 4.98 Å². The Morgan fingerprint density at radius 1 is 1.14 bits per heavy atom. The van der Waals surface area contributed by atoms with Gasteiger partial charge in [0.05, 0.1) is 5.69 Å². The third-order valence-corrected chi connectivity index (χ3v) is 5.61. The quantitative estimate of drug-likeness (QED) is 0.475. The van der Waals surface area contributed by atoms with Crippen LogP contribution in [0.2, 0.25) is 0 Å². The zero-order valence-electron chi connectivity index (χ0n) is 15.9. The molecule has 0 aliphatic carbocycles. The number of amides is 2. The fraction of sp³-hybridized carbons (Fsp3) is 0.190. The van der Waals surface area contributed by atoms with E-state index in [4.69, 9.17) is 5.73 Å². The molecule has 0 aliphatic heterocycles. The van der Waals surface area contributed by atoms with Crippen molar-refractivity contribution >= 4 is 45.7 Å². The van der Waals surface area contributed by atoms with Gasteiger partial charge in [-0.05, 0) is 42.7 Å². The first kappa shape index (κ1) is 20.9. The zero-order valence-corrected chi connectivity index (χ0v) is 17.6. The Kier molecular flexibility index (Phi) is 7.26. The van der Waals surface area contributed by atoms with Gasteiger partial charge < -0.3 is 16.4 Å². The normalized spacial score (nSPS) is 11.6. The van der Waals surface area contributed by atoms with Gasteiger partial charge in [0.1, 0.15) is 6.04 Å². The lowest BCUT2D eigenvalue weighted by Gasteiger charge is -2.17. The van der Waals surface area contributed by atoms with Crippen LogP contribution in [0.1, 0.15) is 16.8 Å². The van der Waals surface area contributed by atoms with Gasteiger partial charge in [-0.1, -0.05) is 30.3 Å². The Morgan fingerprint density at radius 3 is 2.55 bits per heavy atom. The average Bonchev–Trinajstić information content (AvgIpc) is 3.20. The summed E-state index contributed by atoms with van der Waals surface area (Å²) in [6, 6.07) is 15.7. The highest BCUT2D eigenvalue weighted by atomic mass is 32.2. The van der Waals surface area contributed by atoms with Crippen LogP contribution in [0.4, 0.5) is 10.8 Å². The number of nitrogens with two attached hydrogens (primary N) is 1. The van der Waals surface area contributed by atoms with Crippen molar-refractivity contribution in [2.75, 3.05) is 23.1 Å². The van der Waals surface area contributed by atoms with Crippen molar-refractivity contribution in [2.45, 2.75) is 12.5 Å². The van der Waals surface area contributed by atoms with E-state index in [1.165, 1.54) is 11.3 Å². The summed E-state index contributed by atoms with van der Waals surface area (Å²) in [6.45, 7) is 0. The van der Waals surface area contributed by atoms with Crippen molar-refractivity contribution in [2.24, 2.45) is 0 Å². The van der Waals surface area contributed by atoms with Gasteiger partial charge in [0.2, 0.25) is 5.91 Å². The zero-order chi connectivity index (χ0) is 20.6. The first-order valence-corrected chi connectivity index (χ1v) is 11.3. The molecule has 150 valence electrons. The minimum absolute atomic E-state index is 0.281. The highest BCUT2D eigenvalue weighted by Gasteiger charge is 2.22. The van der Waals surface area contributed by atoms with Crippen LogP contribution in [0.15, 0.2) is 60.0 Å². The number of thiazole rings is 1. The van der Waals surface area contributed by atoms with E-state index in [1.54, 1.807) is 36.0 Å². The average molecular weight is 427 g/mol. The molecule has 6 nitrogen and oxygen atoms in total. The van der Waals surface area contributed by atoms with Crippen LogP contribution >= 0.6 is 23.1 Å². The van der Waals surface area contributed by atoms with E-state index in [2.05, 4.69) is 15.6 Å². The topological polar surface area (TPSA) is 97.1 Å². The van der Waals surface area contributed by atoms with E-state index in [-0.39, 0.29) is 11.8 Å². The maximum absolute atomic E-state index is 12.8. The molecule has 4 N–H and O–H groups in total. The number of nitrogens with zero attached hydrogens (tertiary/aromatic N) is 1. The van der Waals surface area contributed by atoms with Crippen molar-refractivity contribution in [1.82, 2.24) is 10.3 Å². The standard InChI is InChI=1S/C21H22N4O2S2/c1-28-12-11-17(23-19(26)15-7-9-16(22)10-8-15)20(27)25-21-24-18(13-29-21)14-5-3-2-4-6-14/h2-10,13,17H,11-12,22H2,1H3,(H,23,26)(H,24,25,27)/t17-/m0/s1. The number of nitrogen functional groups attached to an aromatic ring is 1. The number of benzene rings is 2. The Hall–Kier alpha value is -2.84. The van der Waals surface area contributed by atoms with Gasteiger partial charge >= 0.3 is 0 Å². The van der Waals surface area contributed by atoms with Crippen molar-refractivity contribution in [1.29, 1.82) is 0 Å². The molecular formula is C21H22N4O2S2. The molecular weight excluding hydrogens is 404 g/mol. The molecule has 1 aromatic heterocycles. The smallest absolute Gasteiger partial charge is 0.251 e. The lowest BCUT2D eigenvalue weighted by atomic mass is 10.1. The fourth-order valence-electron chi connectivity index (χ4n) is 2.65. The lowest BCUT2D eigenvalue weighted by Crippen LogP contribution is -2.44. The number of carbonyl (C=O) groups is 2. The summed E-state index contributed by atoms with van der Waals surface area (Å²) in [5.41, 5.74) is 8.50. The van der Waals surface area contributed by atoms with E-state index < -0.39 is 6.04 Å². The molecule has 2 aromatic carbocycles. The number of aromatic nitrogens is 1. The molecule has 1 heterocycles. The molecule has 0 spiro atoms. The lowest BCUT2D eigenvalue weighted by molar-refractivity contribution is -0.118. The first-order valence-electron chi connectivity index (χ1n) is 9.04. The van der Waals surface area contributed by atoms with Crippen LogP contribution in [0.3, 0.4) is 0 Å². The minimum atomic E-state index is -0.656. The number of anilines is 2. The van der Waals surface area contributed by atoms with Gasteiger partial charge in [-0.2, -0.15) is 11.8 Å². The van der Waals surface area contributed by atoms with Gasteiger partial charge in [0.25, 0.3) is 5.91 Å². The third kappa shape index (κ3) is 5.82. The largest absolute Gasteiger partial charge is 0.399 e. The highest BCUT2D eigenvalue weighted by Crippen LogP contribution is 2.24. The number of thioether (sulfide) groups is 1. The number of rotatable bonds is 8. The summed E-state index contributed by atoms with van der Waals surface area (Å²) in [7, 11) is 0. The molecule has 0 saturated carbocycles. The van der Waals surface area contributed by atoms with E-state index >= 15 is 0 Å². The molecule has 8 heteroatoms. The summed E-state index contributed by atoms with van der Waals surface area (Å²) < 4.78 is 0. The molecule has 3 rings (SSSR count). The van der Waals surface area contributed by atoms with Crippen LogP contribution in [0.5, 0.6) is 0 Å². The molecule has 0 radical (unpaired) electrons. The van der Waals surface area contributed by atoms with Gasteiger partial charge in [0.15, 0.2) is 5.13 Å². The molecule has 0 fully saturated rings. The van der Waals surface area contributed by atoms with Crippen molar-refractivity contribution < 1.29 is 9.59 Å². The van der Waals surface area contributed by atoms with Crippen LogP contribution in [0.25, 0.3) is 11.3 Å². The van der Waals surface area contributed by atoms with E-state index in [1.807, 2.05) is 42.0 Å². The number of hydrogen-bond donors (Lipinski definition) is 3. The van der Waals surface area contributed by atoms with E-state index in [0.717, 1.165) is 17.0 Å². The van der Waals surface area contributed by atoms with Crippen molar-refractivity contribution in [3.05, 3.63) is 65.5 Å². The Morgan fingerprint density at radius 2 is 1.86 bits per heavy atom. The predicted octanol–water partition coefficient (Wildman–Crippen LogP) is 3.88. The Balaban J connectivity index is 1.68. The molecule has 0 unspecified atom stereocenters. The second-order valence-corrected chi connectivity index (χ2v) is 8.17. The van der Waals surface area contributed by atoms with Gasteiger partial charge in [-0.15, -0.1) is 11.3 Å². The van der Waals surface area contributed by atoms with E-state index in [0.29, 0.717) is 22.8 Å². The molecule has 0 bridgehead atoms. The number of nitrogens with one attached hydrogen (secondary N) is 2. The minimum Gasteiger partial charge on any atom is -0.399 e. The van der Waals surface area contributed by atoms with Crippen molar-refractivity contribution in [3.8, 4) is 11.3 Å². The Labute approximate surface area is 177 Å². The molecule has 1 atom stereocenters. The summed E-state index contributed by atoms with van der Waals surface area (Å²) in [4.78, 5) is 29.8.